The summed E-state index contributed by atoms with van der Waals surface area (Å²) in [5, 5.41) is 2.61. The van der Waals surface area contributed by atoms with Crippen LogP contribution in [0.25, 0.3) is 0 Å². The zero-order valence-electron chi connectivity index (χ0n) is 7.54. The summed E-state index contributed by atoms with van der Waals surface area (Å²) >= 11 is 10.8. The highest BCUT2D eigenvalue weighted by Gasteiger charge is 2.20. The van der Waals surface area contributed by atoms with Crippen LogP contribution < -0.4 is 11.3 Å². The standard InChI is InChI=1S/C9H8BrClN2OS/c10-7-2-1-6(14-7)8(13-12)9-5(11)3-4-15-9/h1-4,8,13H,12H2. The third-order valence-electron chi connectivity index (χ3n) is 1.95. The van der Waals surface area contributed by atoms with Crippen molar-refractivity contribution in [3.8, 4) is 0 Å². The molecule has 3 nitrogen and oxygen atoms in total. The molecular weight excluding hydrogens is 300 g/mol. The quantitative estimate of drug-likeness (QED) is 0.675. The van der Waals surface area contributed by atoms with Crippen molar-refractivity contribution in [2.24, 2.45) is 5.84 Å². The molecule has 1 unspecified atom stereocenters. The highest BCUT2D eigenvalue weighted by Crippen LogP contribution is 2.33. The van der Waals surface area contributed by atoms with E-state index in [4.69, 9.17) is 21.9 Å². The topological polar surface area (TPSA) is 51.2 Å². The summed E-state index contributed by atoms with van der Waals surface area (Å²) in [6.45, 7) is 0. The molecule has 0 amide bonds. The average Bonchev–Trinajstić information content (AvgIpc) is 2.79. The lowest BCUT2D eigenvalue weighted by Gasteiger charge is -2.11. The number of hydrogen-bond donors (Lipinski definition) is 2. The highest BCUT2D eigenvalue weighted by atomic mass is 79.9. The van der Waals surface area contributed by atoms with Crippen molar-refractivity contribution in [2.75, 3.05) is 0 Å². The van der Waals surface area contributed by atoms with E-state index in [1.54, 1.807) is 0 Å². The van der Waals surface area contributed by atoms with Crippen LogP contribution in [0.4, 0.5) is 0 Å². The van der Waals surface area contributed by atoms with Crippen molar-refractivity contribution in [2.45, 2.75) is 6.04 Å². The van der Waals surface area contributed by atoms with Crippen LogP contribution in [0.15, 0.2) is 32.7 Å². The molecule has 0 aromatic carbocycles. The molecule has 2 aromatic rings. The first-order chi connectivity index (χ1) is 7.22. The minimum absolute atomic E-state index is 0.205. The largest absolute Gasteiger partial charge is 0.452 e. The summed E-state index contributed by atoms with van der Waals surface area (Å²) in [5.74, 6) is 6.23. The molecule has 0 aliphatic carbocycles. The average molecular weight is 308 g/mol. The molecule has 2 heterocycles. The van der Waals surface area contributed by atoms with Gasteiger partial charge in [0.2, 0.25) is 0 Å². The zero-order chi connectivity index (χ0) is 10.8. The van der Waals surface area contributed by atoms with Gasteiger partial charge in [-0.25, -0.2) is 5.43 Å². The number of hydrazine groups is 1. The molecule has 1 atom stereocenters. The smallest absolute Gasteiger partial charge is 0.169 e. The van der Waals surface area contributed by atoms with E-state index in [-0.39, 0.29) is 6.04 Å². The third kappa shape index (κ3) is 2.26. The van der Waals surface area contributed by atoms with Gasteiger partial charge in [0.05, 0.1) is 5.02 Å². The van der Waals surface area contributed by atoms with Crippen LogP contribution in [0, 0.1) is 0 Å². The van der Waals surface area contributed by atoms with E-state index >= 15 is 0 Å². The molecule has 0 fully saturated rings. The van der Waals surface area contributed by atoms with Crippen LogP contribution in [0.3, 0.4) is 0 Å². The Morgan fingerprint density at radius 2 is 2.27 bits per heavy atom. The van der Waals surface area contributed by atoms with Crippen molar-refractivity contribution in [1.29, 1.82) is 0 Å². The molecule has 6 heteroatoms. The van der Waals surface area contributed by atoms with Gasteiger partial charge >= 0.3 is 0 Å². The minimum Gasteiger partial charge on any atom is -0.452 e. The molecule has 15 heavy (non-hydrogen) atoms. The van der Waals surface area contributed by atoms with Crippen molar-refractivity contribution in [3.63, 3.8) is 0 Å². The van der Waals surface area contributed by atoms with Crippen LogP contribution in [0.1, 0.15) is 16.7 Å². The van der Waals surface area contributed by atoms with Gasteiger partial charge in [0.25, 0.3) is 0 Å². The first-order valence-electron chi connectivity index (χ1n) is 4.16. The van der Waals surface area contributed by atoms with Gasteiger partial charge in [-0.05, 0) is 39.5 Å². The summed E-state index contributed by atoms with van der Waals surface area (Å²) in [6.07, 6.45) is 0. The van der Waals surface area contributed by atoms with Crippen LogP contribution in [-0.2, 0) is 0 Å². The molecule has 3 N–H and O–H groups in total. The number of rotatable bonds is 3. The summed E-state index contributed by atoms with van der Waals surface area (Å²) in [6, 6.07) is 5.30. The van der Waals surface area contributed by atoms with Gasteiger partial charge in [0.1, 0.15) is 11.8 Å². The van der Waals surface area contributed by atoms with Gasteiger partial charge in [-0.3, -0.25) is 5.84 Å². The lowest BCUT2D eigenvalue weighted by atomic mass is 10.2. The van der Waals surface area contributed by atoms with E-state index < -0.39 is 0 Å². The SMILES string of the molecule is NNC(c1ccc(Br)o1)c1sccc1Cl. The molecule has 0 bridgehead atoms. The van der Waals surface area contributed by atoms with Gasteiger partial charge in [-0.2, -0.15) is 0 Å². The maximum absolute atomic E-state index is 6.03. The zero-order valence-corrected chi connectivity index (χ0v) is 10.7. The Hall–Kier alpha value is -0.330. The number of nitrogens with one attached hydrogen (secondary N) is 1. The van der Waals surface area contributed by atoms with Crippen molar-refractivity contribution in [1.82, 2.24) is 5.43 Å². The van der Waals surface area contributed by atoms with Gasteiger partial charge in [-0.15, -0.1) is 11.3 Å². The fourth-order valence-electron chi connectivity index (χ4n) is 1.28. The Bertz CT molecular complexity index is 456. The maximum atomic E-state index is 6.03. The van der Waals surface area contributed by atoms with Gasteiger partial charge < -0.3 is 4.42 Å². The molecule has 0 saturated heterocycles. The predicted molar refractivity (Wildman–Crippen MR) is 64.9 cm³/mol. The van der Waals surface area contributed by atoms with Crippen molar-refractivity contribution >= 4 is 38.9 Å². The second kappa shape index (κ2) is 4.67. The Balaban J connectivity index is 2.36. The number of thiophene rings is 1. The van der Waals surface area contributed by atoms with Gasteiger partial charge in [-0.1, -0.05) is 11.6 Å². The lowest BCUT2D eigenvalue weighted by Crippen LogP contribution is -2.28. The van der Waals surface area contributed by atoms with E-state index in [1.807, 2.05) is 23.6 Å². The Morgan fingerprint density at radius 3 is 2.73 bits per heavy atom. The van der Waals surface area contributed by atoms with E-state index in [0.717, 1.165) is 10.6 Å². The fourth-order valence-corrected chi connectivity index (χ4v) is 2.83. The Kier molecular flexibility index (Phi) is 3.48. The molecule has 2 rings (SSSR count). The summed E-state index contributed by atoms with van der Waals surface area (Å²) in [7, 11) is 0. The van der Waals surface area contributed by atoms with Crippen molar-refractivity contribution < 1.29 is 4.42 Å². The first kappa shape index (κ1) is 11.2. The minimum atomic E-state index is -0.205. The van der Waals surface area contributed by atoms with E-state index in [9.17, 15) is 0 Å². The molecule has 0 radical (unpaired) electrons. The second-order valence-electron chi connectivity index (χ2n) is 2.87. The molecule has 0 saturated carbocycles. The molecule has 0 aliphatic rings. The molecule has 80 valence electrons. The van der Waals surface area contributed by atoms with E-state index in [2.05, 4.69) is 21.4 Å². The number of nitrogens with two attached hydrogens (primary N) is 1. The maximum Gasteiger partial charge on any atom is 0.169 e. The molecule has 0 aliphatic heterocycles. The Labute approximate surface area is 104 Å². The van der Waals surface area contributed by atoms with Crippen LogP contribution in [0.2, 0.25) is 5.02 Å². The highest BCUT2D eigenvalue weighted by molar-refractivity contribution is 9.10. The fraction of sp³-hybridized carbons (Fsp3) is 0.111. The van der Waals surface area contributed by atoms with E-state index in [0.29, 0.717) is 9.69 Å². The normalized spacial score (nSPS) is 13.0. The summed E-state index contributed by atoms with van der Waals surface area (Å²) < 4.78 is 6.11. The molecule has 2 aromatic heterocycles. The summed E-state index contributed by atoms with van der Waals surface area (Å²) in [4.78, 5) is 0.945. The molecular formula is C9H8BrClN2OS. The lowest BCUT2D eigenvalue weighted by molar-refractivity contribution is 0.440. The van der Waals surface area contributed by atoms with Gasteiger partial charge in [0.15, 0.2) is 4.67 Å². The molecule has 0 spiro atoms. The number of furan rings is 1. The van der Waals surface area contributed by atoms with Crippen LogP contribution in [0.5, 0.6) is 0 Å². The predicted octanol–water partition coefficient (Wildman–Crippen LogP) is 3.31. The van der Waals surface area contributed by atoms with E-state index in [1.165, 1.54) is 11.3 Å². The number of hydrogen-bond acceptors (Lipinski definition) is 4. The van der Waals surface area contributed by atoms with Gasteiger partial charge in [0, 0.05) is 4.88 Å². The van der Waals surface area contributed by atoms with Crippen LogP contribution in [-0.4, -0.2) is 0 Å². The second-order valence-corrected chi connectivity index (χ2v) is 5.01. The first-order valence-corrected chi connectivity index (χ1v) is 6.21. The monoisotopic (exact) mass is 306 g/mol. The van der Waals surface area contributed by atoms with Crippen molar-refractivity contribution in [3.05, 3.63) is 43.9 Å². The Morgan fingerprint density at radius 1 is 1.47 bits per heavy atom. The number of halogens is 2. The third-order valence-corrected chi connectivity index (χ3v) is 3.80. The van der Waals surface area contributed by atoms with Crippen LogP contribution >= 0.6 is 38.9 Å². The summed E-state index contributed by atoms with van der Waals surface area (Å²) in [5.41, 5.74) is 2.69.